The highest BCUT2D eigenvalue weighted by Gasteiger charge is 2.29. The summed E-state index contributed by atoms with van der Waals surface area (Å²) in [5, 5.41) is 22.5. The van der Waals surface area contributed by atoms with Crippen molar-refractivity contribution in [2.24, 2.45) is 0 Å². The summed E-state index contributed by atoms with van der Waals surface area (Å²) in [7, 11) is 0. The van der Waals surface area contributed by atoms with Gasteiger partial charge in [-0.3, -0.25) is 9.13 Å². The zero-order valence-electron chi connectivity index (χ0n) is 52.7. The van der Waals surface area contributed by atoms with Gasteiger partial charge in [0.1, 0.15) is 33.5 Å². The lowest BCUT2D eigenvalue weighted by Crippen LogP contribution is -2.03. The molecular weight excluding hydrogens is 1270 g/mol. The number of hydrogen-bond acceptors (Lipinski definition) is 10. The van der Waals surface area contributed by atoms with E-state index in [0.29, 0.717) is 23.3 Å². The number of fused-ring (bicyclic) bond motifs is 32. The van der Waals surface area contributed by atoms with Crippen LogP contribution in [0.4, 0.5) is 0 Å². The molecule has 10 nitrogen and oxygen atoms in total. The first-order valence-electron chi connectivity index (χ1n) is 33.3. The molecule has 0 radical (unpaired) electrons. The third-order valence-corrected chi connectivity index (χ3v) is 22.9. The second kappa shape index (κ2) is 20.3. The maximum absolute atomic E-state index is 6.59. The van der Waals surface area contributed by atoms with Crippen molar-refractivity contribution in [1.29, 1.82) is 0 Å². The van der Waals surface area contributed by atoms with Crippen LogP contribution in [-0.4, -0.2) is 29.1 Å². The van der Waals surface area contributed by atoms with E-state index in [0.717, 1.165) is 132 Å². The van der Waals surface area contributed by atoms with Gasteiger partial charge in [0.05, 0.1) is 44.2 Å². The Hall–Kier alpha value is -13.0. The minimum absolute atomic E-state index is 0.539. The summed E-state index contributed by atoms with van der Waals surface area (Å²) in [5.41, 5.74) is 13.8. The number of nitrogens with zero attached hydrogens (tertiary/aromatic N) is 6. The molecule has 100 heavy (non-hydrogen) atoms. The van der Waals surface area contributed by atoms with Gasteiger partial charge in [-0.05, 0) is 83.6 Å². The lowest BCUT2D eigenvalue weighted by atomic mass is 10.00. The summed E-state index contributed by atoms with van der Waals surface area (Å²) in [6.07, 6.45) is 0. The van der Waals surface area contributed by atoms with Gasteiger partial charge in [-0.15, -0.1) is 22.7 Å². The van der Waals surface area contributed by atoms with Crippen LogP contribution < -0.4 is 0 Å². The van der Waals surface area contributed by atoms with Crippen LogP contribution in [-0.2, 0) is 0 Å². The molecule has 24 aromatic rings. The predicted molar refractivity (Wildman–Crippen MR) is 414 cm³/mol. The zero-order chi connectivity index (χ0) is 65.0. The Balaban J connectivity index is 0.000000124. The van der Waals surface area contributed by atoms with Gasteiger partial charge in [0.2, 0.25) is 23.3 Å². The number of para-hydroxylation sites is 7. The van der Waals surface area contributed by atoms with Crippen molar-refractivity contribution < 1.29 is 17.7 Å². The van der Waals surface area contributed by atoms with Crippen LogP contribution in [0.2, 0.25) is 0 Å². The Labute approximate surface area is 572 Å². The third-order valence-electron chi connectivity index (χ3n) is 20.5. The molecule has 0 saturated carbocycles. The molecule has 0 amide bonds. The Kier molecular flexibility index (Phi) is 11.0. The molecule has 0 unspecified atom stereocenters. The number of rotatable bonds is 4. The monoisotopic (exact) mass is 1310 g/mol. The number of aromatic nitrogens is 6. The fourth-order valence-corrected chi connectivity index (χ4v) is 18.8. The van der Waals surface area contributed by atoms with E-state index in [4.69, 9.17) is 37.6 Å². The fraction of sp³-hybridized carbons (Fsp3) is 0. The first-order chi connectivity index (χ1) is 49.6. The van der Waals surface area contributed by atoms with Crippen LogP contribution in [0.1, 0.15) is 0 Å². The van der Waals surface area contributed by atoms with Gasteiger partial charge in [0.25, 0.3) is 0 Å². The molecule has 464 valence electrons. The zero-order valence-corrected chi connectivity index (χ0v) is 54.3. The average molecular weight is 1320 g/mol. The van der Waals surface area contributed by atoms with E-state index in [1.165, 1.54) is 72.7 Å². The van der Waals surface area contributed by atoms with E-state index < -0.39 is 0 Å². The molecule has 0 saturated heterocycles. The summed E-state index contributed by atoms with van der Waals surface area (Å²) in [5.74, 6) is 1.12. The maximum atomic E-state index is 6.59. The van der Waals surface area contributed by atoms with Crippen molar-refractivity contribution in [1.82, 2.24) is 29.1 Å². The first kappa shape index (κ1) is 54.2. The van der Waals surface area contributed by atoms with Gasteiger partial charge in [0.15, 0.2) is 0 Å². The quantitative estimate of drug-likeness (QED) is 0.171. The lowest BCUT2D eigenvalue weighted by Gasteiger charge is -2.11. The Bertz CT molecular complexity index is 7700. The van der Waals surface area contributed by atoms with Crippen molar-refractivity contribution >= 4 is 216 Å². The number of hydrogen-bond donors (Lipinski definition) is 0. The van der Waals surface area contributed by atoms with Crippen LogP contribution in [0.15, 0.2) is 297 Å². The van der Waals surface area contributed by atoms with Crippen LogP contribution in [0.25, 0.3) is 228 Å². The topological polar surface area (TPSA) is 114 Å². The molecule has 10 aromatic heterocycles. The normalized spacial score (nSPS) is 12.4. The van der Waals surface area contributed by atoms with E-state index in [-0.39, 0.29) is 0 Å². The highest BCUT2D eigenvalue weighted by Crippen LogP contribution is 2.51. The second-order valence-corrected chi connectivity index (χ2v) is 27.8. The molecule has 0 aliphatic heterocycles. The molecule has 0 atom stereocenters. The summed E-state index contributed by atoms with van der Waals surface area (Å²) in [6, 6.07) is 97.5. The van der Waals surface area contributed by atoms with E-state index >= 15 is 0 Å². The number of benzene rings is 14. The van der Waals surface area contributed by atoms with Gasteiger partial charge in [-0.1, -0.05) is 206 Å². The molecule has 14 aromatic carbocycles. The largest absolute Gasteiger partial charge is 0.456 e. The van der Waals surface area contributed by atoms with Crippen molar-refractivity contribution in [3.05, 3.63) is 279 Å². The Morgan fingerprint density at radius 3 is 1.21 bits per heavy atom. The third kappa shape index (κ3) is 7.44. The first-order valence-corrected chi connectivity index (χ1v) is 35.0. The van der Waals surface area contributed by atoms with Crippen molar-refractivity contribution in [2.45, 2.75) is 0 Å². The van der Waals surface area contributed by atoms with Crippen molar-refractivity contribution in [2.75, 3.05) is 0 Å². The minimum atomic E-state index is 0.539. The summed E-state index contributed by atoms with van der Waals surface area (Å²) >= 11 is 3.69. The molecular formula is C88H46N6O4S2. The number of thiophene rings is 2. The smallest absolute Gasteiger partial charge is 0.238 e. The molecule has 0 aliphatic rings. The summed E-state index contributed by atoms with van der Waals surface area (Å²) in [4.78, 5) is 21.6. The number of furan rings is 4. The van der Waals surface area contributed by atoms with Gasteiger partial charge in [-0.2, -0.15) is 9.97 Å². The van der Waals surface area contributed by atoms with Gasteiger partial charge in [-0.25, -0.2) is 9.97 Å². The molecule has 12 heteroatoms. The van der Waals surface area contributed by atoms with Gasteiger partial charge < -0.3 is 17.7 Å². The van der Waals surface area contributed by atoms with Crippen molar-refractivity contribution in [3.8, 4) is 34.4 Å². The summed E-state index contributed by atoms with van der Waals surface area (Å²) < 4.78 is 35.5. The molecule has 0 N–H and O–H groups in total. The highest BCUT2D eigenvalue weighted by atomic mass is 32.1. The van der Waals surface area contributed by atoms with Gasteiger partial charge in [0, 0.05) is 116 Å². The predicted octanol–water partition coefficient (Wildman–Crippen LogP) is 25.1. The van der Waals surface area contributed by atoms with E-state index in [1.54, 1.807) is 0 Å². The minimum Gasteiger partial charge on any atom is -0.456 e. The molecule has 0 spiro atoms. The fourth-order valence-electron chi connectivity index (χ4n) is 16.3. The molecule has 0 bridgehead atoms. The Morgan fingerprint density at radius 1 is 0.260 bits per heavy atom. The average Bonchev–Trinajstić information content (AvgIpc) is 1.54. The van der Waals surface area contributed by atoms with Crippen LogP contribution in [0.5, 0.6) is 0 Å². The molecule has 10 heterocycles. The molecule has 24 rings (SSSR count). The molecule has 0 fully saturated rings. The van der Waals surface area contributed by atoms with Crippen LogP contribution in [0.3, 0.4) is 0 Å². The second-order valence-electron chi connectivity index (χ2n) is 25.7. The molecule has 0 aliphatic carbocycles. The highest BCUT2D eigenvalue weighted by molar-refractivity contribution is 7.27. The summed E-state index contributed by atoms with van der Waals surface area (Å²) in [6.45, 7) is 0. The van der Waals surface area contributed by atoms with Crippen LogP contribution in [0, 0.1) is 0 Å². The van der Waals surface area contributed by atoms with E-state index in [2.05, 4.69) is 221 Å². The Morgan fingerprint density at radius 2 is 0.660 bits per heavy atom. The van der Waals surface area contributed by atoms with E-state index in [9.17, 15) is 0 Å². The van der Waals surface area contributed by atoms with Gasteiger partial charge >= 0.3 is 0 Å². The van der Waals surface area contributed by atoms with Crippen LogP contribution >= 0.6 is 22.7 Å². The van der Waals surface area contributed by atoms with Crippen molar-refractivity contribution in [3.63, 3.8) is 0 Å². The maximum Gasteiger partial charge on any atom is 0.238 e. The van der Waals surface area contributed by atoms with E-state index in [1.807, 2.05) is 89.4 Å². The SMILES string of the molecule is c1ccc2c(c1)oc1c(-c3nc(-n4c5ccccc5c5c6ccccc6c6sc7ccccc7c6c54)nc4oc5ccccc5c34)cccc12.c1ccc2c(c1)oc1ccc(-c3nc(-n4c5ccccc5c5c6ccccc6c6sc7ccccc7c6c54)nc4oc5ccccc5c34)cc12. The standard InChI is InChI=1S/2C44H23N3O2S/c1-2-14-27-25(13-1)36-28-15-3-7-20-32(28)47(40(36)38-30-17-6-10-23-35(30)50-42(27)38)44-45-39(37-29-16-5-9-22-34(29)49-43(37)46-44)31-19-11-18-26-24-12-4-8-21-33(24)48-41(26)31;1-2-13-27-26(12-1)37-28-14-3-7-17-32(28)47(41(37)39-30-16-6-10-20-36(30)50-42(27)39)44-45-40(38-29-15-5-9-19-34(29)49-43(38)46-44)24-21-22-35-31(23-24)25-11-4-8-18-33(25)48-35/h2*1-23H. The lowest BCUT2D eigenvalue weighted by molar-refractivity contribution is 0.650.